The highest BCUT2D eigenvalue weighted by Crippen LogP contribution is 2.27. The Kier molecular flexibility index (Phi) is 3.70. The number of pyridine rings is 1. The van der Waals surface area contributed by atoms with Crippen molar-refractivity contribution in [2.75, 3.05) is 7.11 Å². The summed E-state index contributed by atoms with van der Waals surface area (Å²) in [6.45, 7) is 0. The van der Waals surface area contributed by atoms with Crippen molar-refractivity contribution in [2.24, 2.45) is 0 Å². The van der Waals surface area contributed by atoms with Gasteiger partial charge in [-0.1, -0.05) is 6.07 Å². The first kappa shape index (κ1) is 12.3. The predicted molar refractivity (Wildman–Crippen MR) is 67.8 cm³/mol. The van der Waals surface area contributed by atoms with Gasteiger partial charge in [-0.2, -0.15) is 5.26 Å². The molecule has 2 aromatic rings. The van der Waals surface area contributed by atoms with Crippen LogP contribution in [-0.2, 0) is 0 Å². The number of aromatic nitrogens is 1. The van der Waals surface area contributed by atoms with Gasteiger partial charge >= 0.3 is 0 Å². The summed E-state index contributed by atoms with van der Waals surface area (Å²) in [5.74, 6) is -0.410. The number of thiophene rings is 1. The average Bonchev–Trinajstić information content (AvgIpc) is 2.89. The monoisotopic (exact) mass is 258 g/mol. The van der Waals surface area contributed by atoms with Crippen LogP contribution < -0.4 is 4.74 Å². The molecule has 5 heteroatoms. The molecule has 2 heterocycles. The topological polar surface area (TPSA) is 63.0 Å². The first-order valence-corrected chi connectivity index (χ1v) is 6.10. The minimum absolute atomic E-state index is 0.223. The van der Waals surface area contributed by atoms with Gasteiger partial charge in [0.15, 0.2) is 5.78 Å². The maximum atomic E-state index is 12.2. The highest BCUT2D eigenvalue weighted by Gasteiger charge is 2.23. The van der Waals surface area contributed by atoms with E-state index < -0.39 is 5.92 Å². The molecule has 90 valence electrons. The lowest BCUT2D eigenvalue weighted by molar-refractivity contribution is 0.0982. The van der Waals surface area contributed by atoms with E-state index in [4.69, 9.17) is 10.00 Å². The number of nitrogens with zero attached hydrogens (tertiary/aromatic N) is 2. The summed E-state index contributed by atoms with van der Waals surface area (Å²) in [6.07, 6.45) is 3.15. The predicted octanol–water partition coefficient (Wildman–Crippen LogP) is 2.64. The second-order valence-electron chi connectivity index (χ2n) is 3.56. The average molecular weight is 258 g/mol. The van der Waals surface area contributed by atoms with Crippen molar-refractivity contribution >= 4 is 17.1 Å². The summed E-state index contributed by atoms with van der Waals surface area (Å²) >= 11 is 1.27. The molecule has 1 unspecified atom stereocenters. The van der Waals surface area contributed by atoms with Gasteiger partial charge in [0.05, 0.1) is 18.1 Å². The molecule has 0 N–H and O–H groups in total. The molecule has 2 rings (SSSR count). The molecule has 0 saturated carbocycles. The number of Topliss-reactive ketones (excluding diaryl/α,β-unsaturated/α-hetero) is 1. The quantitative estimate of drug-likeness (QED) is 0.791. The molecule has 0 saturated heterocycles. The van der Waals surface area contributed by atoms with E-state index in [1.54, 1.807) is 36.9 Å². The molecule has 0 bridgehead atoms. The lowest BCUT2D eigenvalue weighted by atomic mass is 9.97. The Morgan fingerprint density at radius 1 is 1.61 bits per heavy atom. The minimum Gasteiger partial charge on any atom is -0.496 e. The Bertz CT molecular complexity index is 587. The summed E-state index contributed by atoms with van der Waals surface area (Å²) in [5.41, 5.74) is 0.609. The van der Waals surface area contributed by atoms with Gasteiger partial charge in [-0.25, -0.2) is 0 Å². The van der Waals surface area contributed by atoms with Gasteiger partial charge in [0.1, 0.15) is 11.7 Å². The summed E-state index contributed by atoms with van der Waals surface area (Å²) in [4.78, 5) is 16.7. The van der Waals surface area contributed by atoms with E-state index >= 15 is 0 Å². The number of carbonyl (C=O) groups is 1. The van der Waals surface area contributed by atoms with Gasteiger partial charge < -0.3 is 4.74 Å². The van der Waals surface area contributed by atoms with Crippen molar-refractivity contribution in [2.45, 2.75) is 5.92 Å². The molecule has 4 nitrogen and oxygen atoms in total. The van der Waals surface area contributed by atoms with Crippen LogP contribution in [0.25, 0.3) is 0 Å². The van der Waals surface area contributed by atoms with Crippen LogP contribution in [0.5, 0.6) is 5.75 Å². The third-order valence-electron chi connectivity index (χ3n) is 2.46. The standard InChI is InChI=1S/C13H10N2O2S/c1-17-10-5-12(18-8-10)13(16)11(6-14)9-3-2-4-15-7-9/h2-5,7-8,11H,1H3. The molecule has 0 aliphatic carbocycles. The van der Waals surface area contributed by atoms with Gasteiger partial charge in [0.2, 0.25) is 0 Å². The zero-order chi connectivity index (χ0) is 13.0. The van der Waals surface area contributed by atoms with Crippen LogP contribution in [0.1, 0.15) is 21.2 Å². The zero-order valence-corrected chi connectivity index (χ0v) is 10.5. The highest BCUT2D eigenvalue weighted by atomic mass is 32.1. The third-order valence-corrected chi connectivity index (χ3v) is 3.39. The first-order chi connectivity index (χ1) is 8.76. The number of ketones is 1. The maximum Gasteiger partial charge on any atom is 0.194 e. The van der Waals surface area contributed by atoms with Crippen LogP contribution in [0.15, 0.2) is 36.0 Å². The van der Waals surface area contributed by atoms with E-state index in [-0.39, 0.29) is 5.78 Å². The third kappa shape index (κ3) is 2.39. The van der Waals surface area contributed by atoms with Gasteiger partial charge in [0.25, 0.3) is 0 Å². The number of methoxy groups -OCH3 is 1. The van der Waals surface area contributed by atoms with Gasteiger partial charge in [-0.05, 0) is 11.6 Å². The number of hydrogen-bond donors (Lipinski definition) is 0. The van der Waals surface area contributed by atoms with Crippen molar-refractivity contribution < 1.29 is 9.53 Å². The van der Waals surface area contributed by atoms with Crippen LogP contribution in [-0.4, -0.2) is 17.9 Å². The molecule has 1 atom stereocenters. The fourth-order valence-corrected chi connectivity index (χ4v) is 2.35. The molecular weight excluding hydrogens is 248 g/mol. The maximum absolute atomic E-state index is 12.2. The molecule has 2 aromatic heterocycles. The minimum atomic E-state index is -0.818. The van der Waals surface area contributed by atoms with E-state index in [1.165, 1.54) is 17.5 Å². The number of carbonyl (C=O) groups excluding carboxylic acids is 1. The summed E-state index contributed by atoms with van der Waals surface area (Å²) in [5, 5.41) is 10.9. The summed E-state index contributed by atoms with van der Waals surface area (Å²) in [6, 6.07) is 7.10. The van der Waals surface area contributed by atoms with Crippen LogP contribution in [0.4, 0.5) is 0 Å². The van der Waals surface area contributed by atoms with E-state index in [2.05, 4.69) is 4.98 Å². The van der Waals surface area contributed by atoms with Gasteiger partial charge in [0, 0.05) is 23.8 Å². The van der Waals surface area contributed by atoms with Crippen molar-refractivity contribution in [3.8, 4) is 11.8 Å². The lowest BCUT2D eigenvalue weighted by Crippen LogP contribution is -2.09. The van der Waals surface area contributed by atoms with E-state index in [9.17, 15) is 4.79 Å². The van der Waals surface area contributed by atoms with Crippen LogP contribution in [0, 0.1) is 11.3 Å². The molecule has 0 aromatic carbocycles. The molecule has 0 aliphatic rings. The van der Waals surface area contributed by atoms with Crippen molar-refractivity contribution in [1.82, 2.24) is 4.98 Å². The Morgan fingerprint density at radius 3 is 3.00 bits per heavy atom. The van der Waals surface area contributed by atoms with Gasteiger partial charge in [-0.3, -0.25) is 9.78 Å². The van der Waals surface area contributed by atoms with Crippen molar-refractivity contribution in [3.05, 3.63) is 46.4 Å². The van der Waals surface area contributed by atoms with Crippen LogP contribution in [0.3, 0.4) is 0 Å². The Morgan fingerprint density at radius 2 is 2.44 bits per heavy atom. The number of ether oxygens (including phenoxy) is 1. The second kappa shape index (κ2) is 5.43. The Labute approximate surface area is 108 Å². The summed E-state index contributed by atoms with van der Waals surface area (Å²) < 4.78 is 5.03. The van der Waals surface area contributed by atoms with Crippen LogP contribution in [0.2, 0.25) is 0 Å². The Balaban J connectivity index is 2.29. The molecular formula is C13H10N2O2S. The molecule has 18 heavy (non-hydrogen) atoms. The smallest absolute Gasteiger partial charge is 0.194 e. The zero-order valence-electron chi connectivity index (χ0n) is 9.66. The molecule has 0 radical (unpaired) electrons. The number of nitriles is 1. The number of hydrogen-bond acceptors (Lipinski definition) is 5. The number of rotatable bonds is 4. The largest absolute Gasteiger partial charge is 0.496 e. The van der Waals surface area contributed by atoms with Crippen LogP contribution >= 0.6 is 11.3 Å². The fourth-order valence-electron chi connectivity index (χ4n) is 1.53. The fraction of sp³-hybridized carbons (Fsp3) is 0.154. The highest BCUT2D eigenvalue weighted by molar-refractivity contribution is 7.12. The Hall–Kier alpha value is -2.19. The van der Waals surface area contributed by atoms with E-state index in [1.807, 2.05) is 6.07 Å². The molecule has 0 fully saturated rings. The van der Waals surface area contributed by atoms with Gasteiger partial charge in [-0.15, -0.1) is 11.3 Å². The van der Waals surface area contributed by atoms with Crippen molar-refractivity contribution in [1.29, 1.82) is 5.26 Å². The van der Waals surface area contributed by atoms with Crippen molar-refractivity contribution in [3.63, 3.8) is 0 Å². The SMILES string of the molecule is COc1csc(C(=O)C(C#N)c2cccnc2)c1. The summed E-state index contributed by atoms with van der Waals surface area (Å²) in [7, 11) is 1.54. The molecule has 0 spiro atoms. The first-order valence-electron chi connectivity index (χ1n) is 5.22. The molecule has 0 amide bonds. The molecule has 0 aliphatic heterocycles. The van der Waals surface area contributed by atoms with E-state index in [0.29, 0.717) is 16.2 Å². The normalized spacial score (nSPS) is 11.6. The van der Waals surface area contributed by atoms with E-state index in [0.717, 1.165) is 0 Å². The second-order valence-corrected chi connectivity index (χ2v) is 4.47. The lowest BCUT2D eigenvalue weighted by Gasteiger charge is -2.05.